The zero-order chi connectivity index (χ0) is 66.1. The van der Waals surface area contributed by atoms with E-state index in [1.807, 2.05) is 97.9 Å². The summed E-state index contributed by atoms with van der Waals surface area (Å²) < 4.78 is 0. The SMILES string of the molecule is C.C.C.C.C.C.CCNc1c(NC)c(=O)c1=O.CNc1c(NCCc2ccccc2)c(=O)c1=O.CNc1c(NCc2ccccc2)c(=O)c1=O.CNc1c(NCc2ccccn2)c(=O)c1=O.CNc1c(NCc2ccncc2)c(=O)c1=O.CNc1c(Nc2cccnc2)c(=O)c1=O. The maximum atomic E-state index is 11.3. The Labute approximate surface area is 562 Å². The van der Waals surface area contributed by atoms with Crippen molar-refractivity contribution in [1.29, 1.82) is 0 Å². The minimum atomic E-state index is -0.497. The van der Waals surface area contributed by atoms with E-state index >= 15 is 0 Å². The van der Waals surface area contributed by atoms with Gasteiger partial charge in [-0.05, 0) is 66.4 Å². The number of hydrogen-bond acceptors (Lipinski definition) is 27. The molecule has 0 spiro atoms. The Kier molecular flexibility index (Phi) is 36.4. The Morgan fingerprint density at radius 3 is 1.01 bits per heavy atom. The number of aromatic nitrogens is 3. The first-order valence-electron chi connectivity index (χ1n) is 28.2. The summed E-state index contributed by atoms with van der Waals surface area (Å²) in [6.45, 7) is 4.64. The van der Waals surface area contributed by atoms with E-state index in [-0.39, 0.29) is 44.6 Å². The third kappa shape index (κ3) is 21.0. The maximum absolute atomic E-state index is 11.3. The van der Waals surface area contributed by atoms with E-state index in [1.165, 1.54) is 5.56 Å². The first-order valence-corrected chi connectivity index (χ1v) is 28.2. The summed E-state index contributed by atoms with van der Waals surface area (Å²) in [6.07, 6.45) is 9.07. The van der Waals surface area contributed by atoms with Gasteiger partial charge in [-0.1, -0.05) is 111 Å². The number of benzene rings is 2. The zero-order valence-electron chi connectivity index (χ0n) is 50.7. The molecule has 0 saturated heterocycles. The fourth-order valence-electron chi connectivity index (χ4n) is 8.64. The van der Waals surface area contributed by atoms with E-state index in [9.17, 15) is 57.5 Å². The second kappa shape index (κ2) is 41.5. The summed E-state index contributed by atoms with van der Waals surface area (Å²) in [5, 5.41) is 33.6. The number of anilines is 13. The molecule has 0 unspecified atom stereocenters. The predicted molar refractivity (Wildman–Crippen MR) is 403 cm³/mol. The molecule has 0 fully saturated rings. The van der Waals surface area contributed by atoms with E-state index in [4.69, 9.17) is 0 Å². The number of nitrogens with zero attached hydrogens (tertiary/aromatic N) is 3. The molecule has 0 aliphatic heterocycles. The van der Waals surface area contributed by atoms with Crippen LogP contribution in [0.5, 0.6) is 0 Å². The predicted octanol–water partition coefficient (Wildman–Crippen LogP) is 6.61. The van der Waals surface area contributed by atoms with Gasteiger partial charge in [-0.15, -0.1) is 0 Å². The normalized spacial score (nSPS) is 9.64. The van der Waals surface area contributed by atoms with Crippen LogP contribution >= 0.6 is 0 Å². The lowest BCUT2D eigenvalue weighted by Crippen LogP contribution is -2.37. The first-order chi connectivity index (χ1) is 43.9. The summed E-state index contributed by atoms with van der Waals surface area (Å²) >= 11 is 0. The molecule has 0 bridgehead atoms. The number of pyridine rings is 3. The monoisotopic (exact) mass is 1330 g/mol. The largest absolute Gasteiger partial charge is 0.383 e. The highest BCUT2D eigenvalue weighted by atomic mass is 16.2. The van der Waals surface area contributed by atoms with Crippen molar-refractivity contribution in [3.05, 3.63) is 279 Å². The number of hydrogen-bond donors (Lipinski definition) is 12. The third-order valence-electron chi connectivity index (χ3n) is 13.5. The summed E-state index contributed by atoms with van der Waals surface area (Å²) in [6, 6.07) is 32.4. The van der Waals surface area contributed by atoms with E-state index in [1.54, 1.807) is 85.4 Å². The third-order valence-corrected chi connectivity index (χ3v) is 13.5. The van der Waals surface area contributed by atoms with Crippen LogP contribution < -0.4 is 129 Å². The Morgan fingerprint density at radius 1 is 0.299 bits per heavy atom. The summed E-state index contributed by atoms with van der Waals surface area (Å²) in [5.74, 6) is 0. The molecule has 0 amide bonds. The van der Waals surface area contributed by atoms with Crippen LogP contribution in [0.15, 0.2) is 192 Å². The average molecular weight is 1330 g/mol. The highest BCUT2D eigenvalue weighted by molar-refractivity contribution is 5.79. The zero-order valence-corrected chi connectivity index (χ0v) is 50.7. The summed E-state index contributed by atoms with van der Waals surface area (Å²) in [5.41, 5.74) is 3.75. The first kappa shape index (κ1) is 85.0. The smallest absolute Gasteiger partial charge is 0.253 e. The lowest BCUT2D eigenvalue weighted by Gasteiger charge is -2.12. The van der Waals surface area contributed by atoms with Gasteiger partial charge in [0.25, 0.3) is 65.1 Å². The standard InChI is InChI=1S/C13H14N2O2.C12H12N2O2.2C11H11N3O2.C10H9N3O2.C7H10N2O2.6CH4/c1-14-10-11(13(17)12(10)16)15-8-7-9-5-3-2-4-6-9;1-13-9-10(12(16)11(9)15)14-7-8-5-3-2-4-6-8;1-12-8-9(11(16)10(8)15)14-6-7-2-4-13-5-3-7;1-12-8-9(11(16)10(8)15)14-6-7-4-2-3-5-13-7;1-11-7-8(10(15)9(7)14)13-6-3-2-4-12-5-6;1-3-9-5-4(8-2)6(10)7(5)11;;;;;;/h2-6,14-15H,7-8H2,1H3;2-6,13-14H,7H2,1H3;2*2-5,12,14H,6H2,1H3;2-5,11,13H,1H3;8-9H,3H2,1-2H3;6*1H4. The molecule has 97 heavy (non-hydrogen) atoms. The van der Waals surface area contributed by atoms with Crippen molar-refractivity contribution in [3.8, 4) is 0 Å². The van der Waals surface area contributed by atoms with Gasteiger partial charge in [-0.25, -0.2) is 0 Å². The van der Waals surface area contributed by atoms with Crippen LogP contribution in [0.4, 0.5) is 73.9 Å². The van der Waals surface area contributed by atoms with Crippen molar-refractivity contribution in [3.63, 3.8) is 0 Å². The topological polar surface area (TPSA) is 388 Å². The molecule has 0 aliphatic rings. The molecule has 0 atom stereocenters. The molecular weight excluding hydrogens is 1240 g/mol. The van der Waals surface area contributed by atoms with Crippen LogP contribution in [0.3, 0.4) is 0 Å². The molecule has 8 aromatic carbocycles. The van der Waals surface area contributed by atoms with Gasteiger partial charge < -0.3 is 63.8 Å². The van der Waals surface area contributed by atoms with Crippen molar-refractivity contribution in [2.24, 2.45) is 0 Å². The maximum Gasteiger partial charge on any atom is 0.253 e. The van der Waals surface area contributed by atoms with Crippen LogP contribution in [0.2, 0.25) is 0 Å². The van der Waals surface area contributed by atoms with Gasteiger partial charge >= 0.3 is 0 Å². The summed E-state index contributed by atoms with van der Waals surface area (Å²) in [7, 11) is 9.72. The molecular formula is C70H91N15O12. The van der Waals surface area contributed by atoms with Crippen LogP contribution in [0.25, 0.3) is 0 Å². The number of nitrogens with one attached hydrogen (secondary N) is 12. The van der Waals surface area contributed by atoms with E-state index in [0.29, 0.717) is 107 Å². The molecule has 12 N–H and O–H groups in total. The van der Waals surface area contributed by atoms with Gasteiger partial charge in [0, 0.05) is 93.3 Å². The van der Waals surface area contributed by atoms with E-state index in [0.717, 1.165) is 23.2 Å². The highest BCUT2D eigenvalue weighted by Gasteiger charge is 2.23. The van der Waals surface area contributed by atoms with Crippen molar-refractivity contribution >= 4 is 73.9 Å². The molecule has 0 radical (unpaired) electrons. The van der Waals surface area contributed by atoms with Gasteiger partial charge in [-0.2, -0.15) is 0 Å². The van der Waals surface area contributed by atoms with Crippen LogP contribution in [0, 0.1) is 0 Å². The molecule has 518 valence electrons. The second-order valence-electron chi connectivity index (χ2n) is 19.2. The molecule has 27 nitrogen and oxygen atoms in total. The molecule has 11 aromatic rings. The van der Waals surface area contributed by atoms with Gasteiger partial charge in [0.2, 0.25) is 0 Å². The highest BCUT2D eigenvalue weighted by Crippen LogP contribution is 2.20. The Balaban J connectivity index is 0.00000113. The Bertz CT molecular complexity index is 4370. The van der Waals surface area contributed by atoms with Gasteiger partial charge in [0.05, 0.1) is 24.1 Å². The van der Waals surface area contributed by atoms with Gasteiger partial charge in [-0.3, -0.25) is 72.5 Å². The molecule has 0 saturated carbocycles. The molecule has 0 aliphatic carbocycles. The van der Waals surface area contributed by atoms with Crippen molar-refractivity contribution < 1.29 is 0 Å². The minimum absolute atomic E-state index is 0. The van der Waals surface area contributed by atoms with Gasteiger partial charge in [0.15, 0.2) is 0 Å². The fourth-order valence-corrected chi connectivity index (χ4v) is 8.64. The lowest BCUT2D eigenvalue weighted by atomic mass is 10.1. The number of rotatable bonds is 23. The van der Waals surface area contributed by atoms with E-state index in [2.05, 4.69) is 78.8 Å². The molecule has 3 aromatic heterocycles. The van der Waals surface area contributed by atoms with Crippen LogP contribution in [-0.4, -0.2) is 70.3 Å². The van der Waals surface area contributed by atoms with Crippen LogP contribution in [-0.2, 0) is 26.1 Å². The lowest BCUT2D eigenvalue weighted by molar-refractivity contribution is 1.01. The molecule has 27 heteroatoms. The summed E-state index contributed by atoms with van der Waals surface area (Å²) in [4.78, 5) is 145. The van der Waals surface area contributed by atoms with E-state index < -0.39 is 65.1 Å². The average Bonchev–Trinajstić information content (AvgIpc) is 0.837. The minimum Gasteiger partial charge on any atom is -0.383 e. The Morgan fingerprint density at radius 2 is 0.639 bits per heavy atom. The quantitative estimate of drug-likeness (QED) is 0.0299. The molecule has 11 rings (SSSR count). The van der Waals surface area contributed by atoms with Crippen molar-refractivity contribution in [2.75, 3.05) is 119 Å². The van der Waals surface area contributed by atoms with Crippen molar-refractivity contribution in [1.82, 2.24) is 15.0 Å². The van der Waals surface area contributed by atoms with Crippen LogP contribution in [0.1, 0.15) is 73.9 Å². The molecule has 3 heterocycles. The van der Waals surface area contributed by atoms with Gasteiger partial charge in [0.1, 0.15) is 68.2 Å². The Hall–Kier alpha value is -12.0. The second-order valence-corrected chi connectivity index (χ2v) is 19.2. The van der Waals surface area contributed by atoms with Crippen molar-refractivity contribution in [2.45, 2.75) is 77.5 Å². The fraction of sp³-hybridized carbons (Fsp3) is 0.271.